The molecule has 2 bridgehead atoms. The molecule has 2 atom stereocenters. The van der Waals surface area contributed by atoms with Gasteiger partial charge < -0.3 is 4.74 Å². The average Bonchev–Trinajstić information content (AvgIpc) is 2.37. The zero-order chi connectivity index (χ0) is 15.2. The maximum absolute atomic E-state index is 13.0. The SMILES string of the molecule is Cc1c(C2=CC3COCC(C2)N3C)cccc1C(F)(F)F. The molecule has 0 N–H and O–H groups in total. The molecule has 2 heterocycles. The summed E-state index contributed by atoms with van der Waals surface area (Å²) in [6.07, 6.45) is -1.52. The van der Waals surface area contributed by atoms with E-state index in [1.165, 1.54) is 6.07 Å². The van der Waals surface area contributed by atoms with E-state index >= 15 is 0 Å². The van der Waals surface area contributed by atoms with E-state index in [2.05, 4.69) is 11.0 Å². The normalized spacial score (nSPS) is 26.6. The third-order valence-corrected chi connectivity index (χ3v) is 4.53. The topological polar surface area (TPSA) is 12.5 Å². The number of fused-ring (bicyclic) bond motifs is 2. The zero-order valence-corrected chi connectivity index (χ0v) is 12.1. The van der Waals surface area contributed by atoms with E-state index < -0.39 is 11.7 Å². The van der Waals surface area contributed by atoms with Crippen LogP contribution >= 0.6 is 0 Å². The van der Waals surface area contributed by atoms with Crippen molar-refractivity contribution in [3.63, 3.8) is 0 Å². The van der Waals surface area contributed by atoms with Crippen LogP contribution in [0.1, 0.15) is 23.1 Å². The lowest BCUT2D eigenvalue weighted by atomic mass is 9.87. The summed E-state index contributed by atoms with van der Waals surface area (Å²) in [7, 11) is 2.05. The highest BCUT2D eigenvalue weighted by Gasteiger charge is 2.35. The van der Waals surface area contributed by atoms with Gasteiger partial charge in [-0.25, -0.2) is 0 Å². The van der Waals surface area contributed by atoms with Crippen LogP contribution < -0.4 is 0 Å². The highest BCUT2D eigenvalue weighted by Crippen LogP contribution is 2.38. The summed E-state index contributed by atoms with van der Waals surface area (Å²) in [6, 6.07) is 4.84. The van der Waals surface area contributed by atoms with Crippen molar-refractivity contribution in [3.05, 3.63) is 41.0 Å². The van der Waals surface area contributed by atoms with Gasteiger partial charge in [-0.2, -0.15) is 13.2 Å². The molecule has 3 rings (SSSR count). The number of rotatable bonds is 1. The molecule has 0 spiro atoms. The van der Waals surface area contributed by atoms with Gasteiger partial charge in [0.1, 0.15) is 0 Å². The average molecular weight is 297 g/mol. The van der Waals surface area contributed by atoms with Gasteiger partial charge in [-0.1, -0.05) is 18.2 Å². The highest BCUT2D eigenvalue weighted by atomic mass is 19.4. The molecule has 1 fully saturated rings. The predicted molar refractivity (Wildman–Crippen MR) is 74.9 cm³/mol. The predicted octanol–water partition coefficient (Wildman–Crippen LogP) is 3.50. The summed E-state index contributed by atoms with van der Waals surface area (Å²) >= 11 is 0. The van der Waals surface area contributed by atoms with Crippen molar-refractivity contribution in [1.29, 1.82) is 0 Å². The van der Waals surface area contributed by atoms with E-state index in [9.17, 15) is 13.2 Å². The molecule has 0 saturated carbocycles. The van der Waals surface area contributed by atoms with Crippen LogP contribution in [0.3, 0.4) is 0 Å². The maximum Gasteiger partial charge on any atom is 0.416 e. The molecule has 21 heavy (non-hydrogen) atoms. The highest BCUT2D eigenvalue weighted by molar-refractivity contribution is 5.71. The molecular formula is C16H18F3NO. The van der Waals surface area contributed by atoms with Crippen LogP contribution in [0.4, 0.5) is 13.2 Å². The van der Waals surface area contributed by atoms with Crippen LogP contribution in [-0.4, -0.2) is 37.2 Å². The van der Waals surface area contributed by atoms with Crippen molar-refractivity contribution in [2.75, 3.05) is 20.3 Å². The van der Waals surface area contributed by atoms with Crippen molar-refractivity contribution < 1.29 is 17.9 Å². The van der Waals surface area contributed by atoms with Crippen LogP contribution in [0.25, 0.3) is 5.57 Å². The number of hydrogen-bond donors (Lipinski definition) is 0. The van der Waals surface area contributed by atoms with E-state index in [4.69, 9.17) is 4.74 Å². The van der Waals surface area contributed by atoms with Crippen LogP contribution in [0, 0.1) is 6.92 Å². The lowest BCUT2D eigenvalue weighted by molar-refractivity contribution is -0.138. The lowest BCUT2D eigenvalue weighted by Crippen LogP contribution is -2.51. The van der Waals surface area contributed by atoms with Crippen molar-refractivity contribution in [3.8, 4) is 0 Å². The van der Waals surface area contributed by atoms with Gasteiger partial charge >= 0.3 is 6.18 Å². The third-order valence-electron chi connectivity index (χ3n) is 4.53. The van der Waals surface area contributed by atoms with Gasteiger partial charge in [-0.05, 0) is 43.2 Å². The summed E-state index contributed by atoms with van der Waals surface area (Å²) in [5.74, 6) is 0. The third kappa shape index (κ3) is 2.60. The molecular weight excluding hydrogens is 279 g/mol. The smallest absolute Gasteiger partial charge is 0.378 e. The van der Waals surface area contributed by atoms with E-state index in [-0.39, 0.29) is 12.1 Å². The Labute approximate surface area is 122 Å². The molecule has 114 valence electrons. The zero-order valence-electron chi connectivity index (χ0n) is 12.1. The van der Waals surface area contributed by atoms with Gasteiger partial charge in [0.15, 0.2) is 0 Å². The molecule has 0 aliphatic carbocycles. The second-order valence-electron chi connectivity index (χ2n) is 5.80. The largest absolute Gasteiger partial charge is 0.416 e. The molecule has 5 heteroatoms. The number of nitrogens with zero attached hydrogens (tertiary/aromatic N) is 1. The van der Waals surface area contributed by atoms with Crippen LogP contribution in [0.5, 0.6) is 0 Å². The quantitative estimate of drug-likeness (QED) is 0.786. The molecule has 0 amide bonds. The number of alkyl halides is 3. The van der Waals surface area contributed by atoms with E-state index in [1.54, 1.807) is 13.0 Å². The molecule has 1 saturated heterocycles. The molecule has 1 aromatic carbocycles. The minimum atomic E-state index is -4.30. The fourth-order valence-corrected chi connectivity index (χ4v) is 3.24. The standard InChI is InChI=1S/C16H18F3NO/c1-10-14(4-3-5-15(10)16(17,18)19)11-6-12-8-21-9-13(7-11)20(12)2/h3-6,12-13H,7-9H2,1-2H3. The Hall–Kier alpha value is -1.33. The first-order chi connectivity index (χ1) is 9.88. The van der Waals surface area contributed by atoms with Gasteiger partial charge in [-0.15, -0.1) is 0 Å². The van der Waals surface area contributed by atoms with Crippen molar-refractivity contribution >= 4 is 5.57 Å². The molecule has 0 radical (unpaired) electrons. The van der Waals surface area contributed by atoms with E-state index in [0.29, 0.717) is 18.8 Å². The molecule has 2 aliphatic heterocycles. The molecule has 2 aliphatic rings. The van der Waals surface area contributed by atoms with Gasteiger partial charge in [-0.3, -0.25) is 4.90 Å². The van der Waals surface area contributed by atoms with Gasteiger partial charge in [0, 0.05) is 6.04 Å². The number of benzene rings is 1. The Kier molecular flexibility index (Phi) is 3.58. The lowest BCUT2D eigenvalue weighted by Gasteiger charge is -2.42. The van der Waals surface area contributed by atoms with Gasteiger partial charge in [0.25, 0.3) is 0 Å². The van der Waals surface area contributed by atoms with E-state index in [0.717, 1.165) is 23.6 Å². The van der Waals surface area contributed by atoms with Crippen molar-refractivity contribution in [1.82, 2.24) is 4.90 Å². The Morgan fingerprint density at radius 1 is 1.24 bits per heavy atom. The van der Waals surface area contributed by atoms with Crippen LogP contribution in [-0.2, 0) is 10.9 Å². The second-order valence-corrected chi connectivity index (χ2v) is 5.80. The number of morpholine rings is 1. The Morgan fingerprint density at radius 3 is 2.67 bits per heavy atom. The summed E-state index contributed by atoms with van der Waals surface area (Å²) < 4.78 is 44.7. The fourth-order valence-electron chi connectivity index (χ4n) is 3.24. The fraction of sp³-hybridized carbons (Fsp3) is 0.500. The van der Waals surface area contributed by atoms with Crippen LogP contribution in [0.15, 0.2) is 24.3 Å². The van der Waals surface area contributed by atoms with Gasteiger partial charge in [0.05, 0.1) is 24.8 Å². The molecule has 0 aromatic heterocycles. The minimum absolute atomic E-state index is 0.154. The van der Waals surface area contributed by atoms with Crippen molar-refractivity contribution in [2.45, 2.75) is 31.6 Å². The first-order valence-corrected chi connectivity index (χ1v) is 7.05. The van der Waals surface area contributed by atoms with E-state index in [1.807, 2.05) is 7.05 Å². The van der Waals surface area contributed by atoms with Crippen molar-refractivity contribution in [2.24, 2.45) is 0 Å². The maximum atomic E-state index is 13.0. The number of hydrogen-bond acceptors (Lipinski definition) is 2. The first kappa shape index (κ1) is 14.6. The molecule has 2 nitrogen and oxygen atoms in total. The molecule has 2 unspecified atom stereocenters. The van der Waals surface area contributed by atoms with Crippen LogP contribution in [0.2, 0.25) is 0 Å². The summed E-state index contributed by atoms with van der Waals surface area (Å²) in [5, 5.41) is 0. The first-order valence-electron chi connectivity index (χ1n) is 7.05. The Morgan fingerprint density at radius 2 is 2.00 bits per heavy atom. The minimum Gasteiger partial charge on any atom is -0.378 e. The number of halogens is 3. The van der Waals surface area contributed by atoms with Gasteiger partial charge in [0.2, 0.25) is 0 Å². The number of ether oxygens (including phenoxy) is 1. The second kappa shape index (κ2) is 5.14. The monoisotopic (exact) mass is 297 g/mol. The Balaban J connectivity index is 2.02. The summed E-state index contributed by atoms with van der Waals surface area (Å²) in [5.41, 5.74) is 1.51. The summed E-state index contributed by atoms with van der Waals surface area (Å²) in [4.78, 5) is 2.25. The summed E-state index contributed by atoms with van der Waals surface area (Å²) in [6.45, 7) is 2.81. The number of likely N-dealkylation sites (N-methyl/N-ethyl adjacent to an activating group) is 1. The Bertz CT molecular complexity index is 579. The molecule has 1 aromatic rings.